The van der Waals surface area contributed by atoms with Gasteiger partial charge in [0.25, 0.3) is 0 Å². The number of nitrogens with two attached hydrogens (primary N) is 1. The SMILES string of the molecule is CC(C)C(C)(N)C1(O)CN(C(=O)OC(C)(C)C)C1. The summed E-state index contributed by atoms with van der Waals surface area (Å²) in [5.41, 5.74) is 3.89. The Hall–Kier alpha value is -0.810. The maximum atomic E-state index is 11.8. The molecule has 0 aromatic rings. The molecule has 1 atom stereocenters. The Labute approximate surface area is 109 Å². The second-order valence-electron chi connectivity index (χ2n) is 6.81. The predicted octanol–water partition coefficient (Wildman–Crippen LogP) is 1.34. The summed E-state index contributed by atoms with van der Waals surface area (Å²) >= 11 is 0. The molecule has 1 unspecified atom stereocenters. The lowest BCUT2D eigenvalue weighted by Crippen LogP contribution is -2.77. The summed E-state index contributed by atoms with van der Waals surface area (Å²) in [5, 5.41) is 10.5. The molecule has 5 heteroatoms. The van der Waals surface area contributed by atoms with Gasteiger partial charge < -0.3 is 20.5 Å². The minimum atomic E-state index is -1.03. The maximum Gasteiger partial charge on any atom is 0.410 e. The van der Waals surface area contributed by atoms with E-state index in [2.05, 4.69) is 0 Å². The van der Waals surface area contributed by atoms with Gasteiger partial charge in [-0.2, -0.15) is 0 Å². The highest BCUT2D eigenvalue weighted by molar-refractivity contribution is 5.69. The molecule has 3 N–H and O–H groups in total. The Kier molecular flexibility index (Phi) is 3.71. The number of likely N-dealkylation sites (tertiary alicyclic amines) is 1. The third kappa shape index (κ3) is 2.78. The first-order chi connectivity index (χ1) is 7.89. The van der Waals surface area contributed by atoms with Crippen molar-refractivity contribution in [3.63, 3.8) is 0 Å². The van der Waals surface area contributed by atoms with Crippen LogP contribution in [-0.2, 0) is 4.74 Å². The molecule has 106 valence electrons. The first kappa shape index (κ1) is 15.2. The van der Waals surface area contributed by atoms with Crippen molar-refractivity contribution >= 4 is 6.09 Å². The molecule has 1 saturated heterocycles. The molecule has 1 fully saturated rings. The molecule has 1 heterocycles. The number of rotatable bonds is 2. The first-order valence-electron chi connectivity index (χ1n) is 6.38. The van der Waals surface area contributed by atoms with Crippen LogP contribution in [0, 0.1) is 5.92 Å². The Morgan fingerprint density at radius 2 is 1.78 bits per heavy atom. The van der Waals surface area contributed by atoms with Gasteiger partial charge in [-0.15, -0.1) is 0 Å². The summed E-state index contributed by atoms with van der Waals surface area (Å²) < 4.78 is 5.24. The standard InChI is InChI=1S/C13H26N2O3/c1-9(2)12(6,14)13(17)7-15(8-13)10(16)18-11(3,4)5/h9,17H,7-8,14H2,1-6H3. The van der Waals surface area contributed by atoms with Gasteiger partial charge in [0.1, 0.15) is 11.2 Å². The van der Waals surface area contributed by atoms with Crippen molar-refractivity contribution in [1.29, 1.82) is 0 Å². The van der Waals surface area contributed by atoms with Crippen LogP contribution in [0.2, 0.25) is 0 Å². The minimum Gasteiger partial charge on any atom is -0.444 e. The van der Waals surface area contributed by atoms with E-state index in [0.717, 1.165) is 0 Å². The number of hydrogen-bond acceptors (Lipinski definition) is 4. The van der Waals surface area contributed by atoms with Crippen molar-refractivity contribution in [3.8, 4) is 0 Å². The molecule has 1 rings (SSSR count). The quantitative estimate of drug-likeness (QED) is 0.783. The highest BCUT2D eigenvalue weighted by atomic mass is 16.6. The highest BCUT2D eigenvalue weighted by Crippen LogP contribution is 2.35. The van der Waals surface area contributed by atoms with Crippen LogP contribution < -0.4 is 5.73 Å². The van der Waals surface area contributed by atoms with Gasteiger partial charge in [0, 0.05) is 5.54 Å². The molecule has 0 bridgehead atoms. The maximum absolute atomic E-state index is 11.8. The lowest BCUT2D eigenvalue weighted by molar-refractivity contribution is -0.147. The molecule has 0 aromatic heterocycles. The molecule has 18 heavy (non-hydrogen) atoms. The lowest BCUT2D eigenvalue weighted by Gasteiger charge is -2.55. The predicted molar refractivity (Wildman–Crippen MR) is 70.2 cm³/mol. The zero-order valence-corrected chi connectivity index (χ0v) is 12.3. The molecular weight excluding hydrogens is 232 g/mol. The number of amides is 1. The number of carbonyl (C=O) groups is 1. The number of ether oxygens (including phenoxy) is 1. The van der Waals surface area contributed by atoms with Gasteiger partial charge in [0.05, 0.1) is 13.1 Å². The molecule has 1 amide bonds. The van der Waals surface area contributed by atoms with Crippen LogP contribution in [-0.4, -0.2) is 45.9 Å². The molecule has 0 aliphatic carbocycles. The van der Waals surface area contributed by atoms with Gasteiger partial charge in [0.15, 0.2) is 0 Å². The summed E-state index contributed by atoms with van der Waals surface area (Å²) in [6.07, 6.45) is -0.397. The molecule has 1 aliphatic heterocycles. The van der Waals surface area contributed by atoms with Gasteiger partial charge in [-0.25, -0.2) is 4.79 Å². The number of β-amino-alcohol motifs (C(OH)–C–C–N with tert-alkyl or cyclic N) is 1. The van der Waals surface area contributed by atoms with E-state index in [1.807, 2.05) is 41.5 Å². The first-order valence-corrected chi connectivity index (χ1v) is 6.38. The Morgan fingerprint density at radius 3 is 2.11 bits per heavy atom. The van der Waals surface area contributed by atoms with Crippen LogP contribution in [0.25, 0.3) is 0 Å². The number of hydrogen-bond donors (Lipinski definition) is 2. The van der Waals surface area contributed by atoms with Gasteiger partial charge in [-0.1, -0.05) is 13.8 Å². The minimum absolute atomic E-state index is 0.128. The van der Waals surface area contributed by atoms with E-state index >= 15 is 0 Å². The largest absolute Gasteiger partial charge is 0.444 e. The van der Waals surface area contributed by atoms with Crippen LogP contribution in [0.3, 0.4) is 0 Å². The van der Waals surface area contributed by atoms with Crippen LogP contribution in [0.5, 0.6) is 0 Å². The van der Waals surface area contributed by atoms with E-state index in [0.29, 0.717) is 0 Å². The summed E-state index contributed by atoms with van der Waals surface area (Å²) in [6.45, 7) is 11.7. The van der Waals surface area contributed by atoms with Crippen molar-refractivity contribution in [2.24, 2.45) is 11.7 Å². The van der Waals surface area contributed by atoms with E-state index in [1.54, 1.807) is 0 Å². The topological polar surface area (TPSA) is 75.8 Å². The normalized spacial score (nSPS) is 22.4. The smallest absolute Gasteiger partial charge is 0.410 e. The van der Waals surface area contributed by atoms with E-state index in [9.17, 15) is 9.90 Å². The second kappa shape index (κ2) is 4.38. The zero-order chi connectivity index (χ0) is 14.4. The summed E-state index contributed by atoms with van der Waals surface area (Å²) in [5.74, 6) is 0.128. The summed E-state index contributed by atoms with van der Waals surface area (Å²) in [4.78, 5) is 13.3. The van der Waals surface area contributed by atoms with Crippen LogP contribution in [0.1, 0.15) is 41.5 Å². The van der Waals surface area contributed by atoms with Crippen LogP contribution in [0.15, 0.2) is 0 Å². The summed E-state index contributed by atoms with van der Waals surface area (Å²) in [7, 11) is 0. The van der Waals surface area contributed by atoms with Crippen molar-refractivity contribution in [2.75, 3.05) is 13.1 Å². The lowest BCUT2D eigenvalue weighted by atomic mass is 9.70. The second-order valence-corrected chi connectivity index (χ2v) is 6.81. The molecular formula is C13H26N2O3. The van der Waals surface area contributed by atoms with Gasteiger partial charge in [-0.3, -0.25) is 0 Å². The average Bonchev–Trinajstić information content (AvgIpc) is 2.09. The van der Waals surface area contributed by atoms with E-state index < -0.39 is 22.8 Å². The third-order valence-electron chi connectivity index (χ3n) is 3.76. The molecule has 0 spiro atoms. The number of carbonyl (C=O) groups excluding carboxylic acids is 1. The van der Waals surface area contributed by atoms with Crippen molar-refractivity contribution < 1.29 is 14.6 Å². The fourth-order valence-corrected chi connectivity index (χ4v) is 1.92. The fourth-order valence-electron chi connectivity index (χ4n) is 1.92. The fraction of sp³-hybridized carbons (Fsp3) is 0.923. The molecule has 0 radical (unpaired) electrons. The van der Waals surface area contributed by atoms with Crippen LogP contribution >= 0.6 is 0 Å². The Bertz CT molecular complexity index is 326. The average molecular weight is 258 g/mol. The van der Waals surface area contributed by atoms with Crippen LogP contribution in [0.4, 0.5) is 4.79 Å². The van der Waals surface area contributed by atoms with Crippen molar-refractivity contribution in [2.45, 2.75) is 58.3 Å². The van der Waals surface area contributed by atoms with Gasteiger partial charge >= 0.3 is 6.09 Å². The monoisotopic (exact) mass is 258 g/mol. The molecule has 0 saturated carbocycles. The van der Waals surface area contributed by atoms with Crippen molar-refractivity contribution in [3.05, 3.63) is 0 Å². The van der Waals surface area contributed by atoms with E-state index in [1.165, 1.54) is 4.90 Å². The Morgan fingerprint density at radius 1 is 1.33 bits per heavy atom. The third-order valence-corrected chi connectivity index (χ3v) is 3.76. The molecule has 1 aliphatic rings. The van der Waals surface area contributed by atoms with Crippen molar-refractivity contribution in [1.82, 2.24) is 4.90 Å². The highest BCUT2D eigenvalue weighted by Gasteiger charge is 2.56. The number of aliphatic hydroxyl groups is 1. The van der Waals surface area contributed by atoms with Gasteiger partial charge in [-0.05, 0) is 33.6 Å². The molecule has 5 nitrogen and oxygen atoms in total. The Balaban J connectivity index is 2.61. The summed E-state index contributed by atoms with van der Waals surface area (Å²) in [6, 6.07) is 0. The number of nitrogens with zero attached hydrogens (tertiary/aromatic N) is 1. The van der Waals surface area contributed by atoms with E-state index in [4.69, 9.17) is 10.5 Å². The van der Waals surface area contributed by atoms with Gasteiger partial charge in [0.2, 0.25) is 0 Å². The molecule has 0 aromatic carbocycles. The van der Waals surface area contributed by atoms with E-state index in [-0.39, 0.29) is 19.0 Å². The zero-order valence-electron chi connectivity index (χ0n) is 12.3.